The van der Waals surface area contributed by atoms with Crippen LogP contribution in [0.3, 0.4) is 0 Å². The Morgan fingerprint density at radius 2 is 1.90 bits per heavy atom. The third-order valence-corrected chi connectivity index (χ3v) is 4.21. The highest BCUT2D eigenvalue weighted by Crippen LogP contribution is 2.28. The molecule has 0 atom stereocenters. The fourth-order valence-electron chi connectivity index (χ4n) is 2.06. The number of halogens is 2. The molecule has 0 aliphatic rings. The second-order valence-electron chi connectivity index (χ2n) is 4.44. The Bertz CT molecular complexity index is 826. The highest BCUT2D eigenvalue weighted by molar-refractivity contribution is 9.11. The molecular formula is C15H10Br2N2O2. The summed E-state index contributed by atoms with van der Waals surface area (Å²) in [6, 6.07) is 11.3. The summed E-state index contributed by atoms with van der Waals surface area (Å²) in [4.78, 5) is 19.4. The molecule has 6 heteroatoms. The van der Waals surface area contributed by atoms with Crippen molar-refractivity contribution in [1.29, 1.82) is 0 Å². The van der Waals surface area contributed by atoms with Crippen molar-refractivity contribution in [3.63, 3.8) is 0 Å². The van der Waals surface area contributed by atoms with Crippen molar-refractivity contribution in [2.45, 2.75) is 0 Å². The first-order valence-corrected chi connectivity index (χ1v) is 7.70. The minimum Gasteiger partial charge on any atom is -0.465 e. The Hall–Kier alpha value is -1.66. The Labute approximate surface area is 137 Å². The zero-order valence-electron chi connectivity index (χ0n) is 11.0. The molecule has 0 amide bonds. The number of hydrogen-bond donors (Lipinski definition) is 1. The second-order valence-corrected chi connectivity index (χ2v) is 6.21. The van der Waals surface area contributed by atoms with Gasteiger partial charge in [-0.1, -0.05) is 28.1 Å². The quantitative estimate of drug-likeness (QED) is 0.632. The summed E-state index contributed by atoms with van der Waals surface area (Å²) >= 11 is 6.85. The molecule has 2 aromatic carbocycles. The number of hydrogen-bond acceptors (Lipinski definition) is 3. The highest BCUT2D eigenvalue weighted by atomic mass is 79.9. The molecule has 0 saturated heterocycles. The van der Waals surface area contributed by atoms with Gasteiger partial charge in [-0.05, 0) is 40.2 Å². The van der Waals surface area contributed by atoms with E-state index in [1.807, 2.05) is 24.3 Å². The maximum Gasteiger partial charge on any atom is 0.337 e. The molecule has 0 saturated carbocycles. The Balaban J connectivity index is 2.13. The van der Waals surface area contributed by atoms with Crippen molar-refractivity contribution in [3.8, 4) is 11.4 Å². The van der Waals surface area contributed by atoms with Gasteiger partial charge >= 0.3 is 5.97 Å². The van der Waals surface area contributed by atoms with Crippen molar-refractivity contribution >= 4 is 48.9 Å². The van der Waals surface area contributed by atoms with Gasteiger partial charge in [0.2, 0.25) is 0 Å². The van der Waals surface area contributed by atoms with Crippen LogP contribution in [0.2, 0.25) is 0 Å². The van der Waals surface area contributed by atoms with Gasteiger partial charge in [0.1, 0.15) is 11.3 Å². The van der Waals surface area contributed by atoms with Gasteiger partial charge in [-0.25, -0.2) is 9.78 Å². The Morgan fingerprint density at radius 1 is 1.19 bits per heavy atom. The van der Waals surface area contributed by atoms with E-state index < -0.39 is 0 Å². The number of aromatic amines is 1. The Kier molecular flexibility index (Phi) is 3.82. The number of esters is 1. The molecule has 0 unspecified atom stereocenters. The molecule has 1 N–H and O–H groups in total. The molecule has 0 aliphatic carbocycles. The second kappa shape index (κ2) is 5.61. The van der Waals surface area contributed by atoms with Gasteiger partial charge in [-0.2, -0.15) is 0 Å². The van der Waals surface area contributed by atoms with Gasteiger partial charge in [-0.3, -0.25) is 0 Å². The number of imidazole rings is 1. The monoisotopic (exact) mass is 408 g/mol. The van der Waals surface area contributed by atoms with E-state index >= 15 is 0 Å². The van der Waals surface area contributed by atoms with E-state index in [-0.39, 0.29) is 5.97 Å². The highest BCUT2D eigenvalue weighted by Gasteiger charge is 2.13. The topological polar surface area (TPSA) is 55.0 Å². The number of aromatic nitrogens is 2. The lowest BCUT2D eigenvalue weighted by Gasteiger charge is -2.00. The van der Waals surface area contributed by atoms with Crippen LogP contribution in [0.4, 0.5) is 0 Å². The number of H-pyrrole nitrogens is 1. The van der Waals surface area contributed by atoms with Crippen LogP contribution in [0.5, 0.6) is 0 Å². The van der Waals surface area contributed by atoms with Crippen LogP contribution in [-0.2, 0) is 4.74 Å². The molecule has 0 aliphatic heterocycles. The summed E-state index contributed by atoms with van der Waals surface area (Å²) in [5.74, 6) is 0.373. The molecule has 1 aromatic heterocycles. The van der Waals surface area contributed by atoms with Gasteiger partial charge < -0.3 is 9.72 Å². The molecule has 1 heterocycles. The number of methoxy groups -OCH3 is 1. The standard InChI is InChI=1S/C15H10Br2N2O2/c1-21-15(20)9-6-11(17)13-12(7-9)18-14(19-13)8-2-4-10(16)5-3-8/h2-7H,1H3,(H,18,19). The largest absolute Gasteiger partial charge is 0.465 e. The normalized spacial score (nSPS) is 10.8. The molecule has 3 aromatic rings. The van der Waals surface area contributed by atoms with E-state index in [1.54, 1.807) is 12.1 Å². The molecule has 0 fully saturated rings. The van der Waals surface area contributed by atoms with Crippen LogP contribution in [0.15, 0.2) is 45.3 Å². The lowest BCUT2D eigenvalue weighted by atomic mass is 10.2. The van der Waals surface area contributed by atoms with Crippen LogP contribution >= 0.6 is 31.9 Å². The van der Waals surface area contributed by atoms with E-state index in [0.717, 1.165) is 31.4 Å². The van der Waals surface area contributed by atoms with E-state index in [0.29, 0.717) is 5.56 Å². The van der Waals surface area contributed by atoms with Gasteiger partial charge in [0.25, 0.3) is 0 Å². The molecule has 0 radical (unpaired) electrons. The minimum atomic E-state index is -0.377. The van der Waals surface area contributed by atoms with Crippen LogP contribution in [0.1, 0.15) is 10.4 Å². The van der Waals surface area contributed by atoms with Crippen molar-refractivity contribution < 1.29 is 9.53 Å². The zero-order chi connectivity index (χ0) is 15.0. The average molecular weight is 410 g/mol. The summed E-state index contributed by atoms with van der Waals surface area (Å²) in [5.41, 5.74) is 3.01. The van der Waals surface area contributed by atoms with Crippen molar-refractivity contribution in [2.75, 3.05) is 7.11 Å². The van der Waals surface area contributed by atoms with E-state index in [4.69, 9.17) is 4.74 Å². The number of carbonyl (C=O) groups is 1. The molecule has 4 nitrogen and oxygen atoms in total. The van der Waals surface area contributed by atoms with Crippen molar-refractivity contribution in [1.82, 2.24) is 9.97 Å². The third kappa shape index (κ3) is 2.73. The molecule has 0 spiro atoms. The molecule has 106 valence electrons. The van der Waals surface area contributed by atoms with Gasteiger partial charge in [0, 0.05) is 14.5 Å². The number of ether oxygens (including phenoxy) is 1. The number of rotatable bonds is 2. The SMILES string of the molecule is COC(=O)c1cc(Br)c2nc(-c3ccc(Br)cc3)[nH]c2c1. The summed E-state index contributed by atoms with van der Waals surface area (Å²) < 4.78 is 6.51. The summed E-state index contributed by atoms with van der Waals surface area (Å²) in [6.45, 7) is 0. The molecule has 3 rings (SSSR count). The zero-order valence-corrected chi connectivity index (χ0v) is 14.2. The summed E-state index contributed by atoms with van der Waals surface area (Å²) in [6.07, 6.45) is 0. The molecular weight excluding hydrogens is 400 g/mol. The molecule has 21 heavy (non-hydrogen) atoms. The number of benzene rings is 2. The fourth-order valence-corrected chi connectivity index (χ4v) is 2.87. The average Bonchev–Trinajstić information content (AvgIpc) is 2.91. The number of nitrogens with zero attached hydrogens (tertiary/aromatic N) is 1. The first-order valence-electron chi connectivity index (χ1n) is 6.12. The molecule has 0 bridgehead atoms. The third-order valence-electron chi connectivity index (χ3n) is 3.08. The van der Waals surface area contributed by atoms with E-state index in [1.165, 1.54) is 7.11 Å². The first-order chi connectivity index (χ1) is 10.1. The van der Waals surface area contributed by atoms with Gasteiger partial charge in [0.05, 0.1) is 18.2 Å². The van der Waals surface area contributed by atoms with Crippen LogP contribution in [0, 0.1) is 0 Å². The van der Waals surface area contributed by atoms with Crippen molar-refractivity contribution in [2.24, 2.45) is 0 Å². The lowest BCUT2D eigenvalue weighted by Crippen LogP contribution is -2.00. The minimum absolute atomic E-state index is 0.377. The maximum absolute atomic E-state index is 11.6. The van der Waals surface area contributed by atoms with Crippen LogP contribution in [0.25, 0.3) is 22.4 Å². The predicted molar refractivity (Wildman–Crippen MR) is 88.3 cm³/mol. The van der Waals surface area contributed by atoms with E-state index in [9.17, 15) is 4.79 Å². The number of nitrogens with one attached hydrogen (secondary N) is 1. The van der Waals surface area contributed by atoms with Gasteiger partial charge in [-0.15, -0.1) is 0 Å². The number of fused-ring (bicyclic) bond motifs is 1. The number of carbonyl (C=O) groups excluding carboxylic acids is 1. The van der Waals surface area contributed by atoms with E-state index in [2.05, 4.69) is 41.8 Å². The summed E-state index contributed by atoms with van der Waals surface area (Å²) in [5, 5.41) is 0. The summed E-state index contributed by atoms with van der Waals surface area (Å²) in [7, 11) is 1.36. The Morgan fingerprint density at radius 3 is 2.57 bits per heavy atom. The van der Waals surface area contributed by atoms with Crippen molar-refractivity contribution in [3.05, 3.63) is 50.9 Å². The van der Waals surface area contributed by atoms with Crippen LogP contribution < -0.4 is 0 Å². The smallest absolute Gasteiger partial charge is 0.337 e. The van der Waals surface area contributed by atoms with Gasteiger partial charge in [0.15, 0.2) is 0 Å². The fraction of sp³-hybridized carbons (Fsp3) is 0.0667. The maximum atomic E-state index is 11.6. The van der Waals surface area contributed by atoms with Crippen LogP contribution in [-0.4, -0.2) is 23.0 Å². The lowest BCUT2D eigenvalue weighted by molar-refractivity contribution is 0.0601. The first kappa shape index (κ1) is 14.3. The predicted octanol–water partition coefficient (Wildman–Crippen LogP) is 4.54.